The lowest BCUT2D eigenvalue weighted by molar-refractivity contribution is 0.177. The van der Waals surface area contributed by atoms with Gasteiger partial charge in [0.2, 0.25) is 0 Å². The van der Waals surface area contributed by atoms with Crippen LogP contribution in [-0.4, -0.2) is 30.4 Å². The van der Waals surface area contributed by atoms with Crippen LogP contribution in [0.4, 0.5) is 0 Å². The van der Waals surface area contributed by atoms with Crippen molar-refractivity contribution in [1.82, 2.24) is 5.32 Å². The number of hydrogen-bond acceptors (Lipinski definition) is 3. The first-order valence-electron chi connectivity index (χ1n) is 6.74. The van der Waals surface area contributed by atoms with Gasteiger partial charge in [0.25, 0.3) is 0 Å². The number of aliphatic hydroxyl groups is 1. The molecule has 1 unspecified atom stereocenters. The lowest BCUT2D eigenvalue weighted by Gasteiger charge is -2.19. The van der Waals surface area contributed by atoms with Crippen LogP contribution < -0.4 is 10.1 Å². The van der Waals surface area contributed by atoms with E-state index < -0.39 is 0 Å². The number of aryl methyl sites for hydroxylation is 1. The fraction of sp³-hybridized carbons (Fsp3) is 0.600. The molecule has 0 amide bonds. The van der Waals surface area contributed by atoms with E-state index in [0.29, 0.717) is 12.6 Å². The molecule has 102 valence electrons. The van der Waals surface area contributed by atoms with Crippen LogP contribution in [0.5, 0.6) is 5.75 Å². The predicted octanol–water partition coefficient (Wildman–Crippen LogP) is 2.38. The van der Waals surface area contributed by atoms with E-state index in [4.69, 9.17) is 4.74 Å². The average Bonchev–Trinajstić information content (AvgIpc) is 2.36. The Morgan fingerprint density at radius 1 is 1.22 bits per heavy atom. The van der Waals surface area contributed by atoms with E-state index in [1.807, 2.05) is 12.1 Å². The Balaban J connectivity index is 2.41. The lowest BCUT2D eigenvalue weighted by atomic mass is 10.1. The first-order valence-corrected chi connectivity index (χ1v) is 6.74. The summed E-state index contributed by atoms with van der Waals surface area (Å²) in [6, 6.07) is 8.52. The molecule has 0 saturated heterocycles. The van der Waals surface area contributed by atoms with E-state index >= 15 is 0 Å². The van der Waals surface area contributed by atoms with Gasteiger partial charge in [0, 0.05) is 6.04 Å². The van der Waals surface area contributed by atoms with Gasteiger partial charge in [0.15, 0.2) is 0 Å². The van der Waals surface area contributed by atoms with Crippen molar-refractivity contribution in [3.8, 4) is 5.75 Å². The largest absolute Gasteiger partial charge is 0.492 e. The van der Waals surface area contributed by atoms with Crippen molar-refractivity contribution in [2.75, 3.05) is 13.2 Å². The smallest absolute Gasteiger partial charge is 0.119 e. The molecule has 0 radical (unpaired) electrons. The molecule has 18 heavy (non-hydrogen) atoms. The normalized spacial score (nSPS) is 12.7. The van der Waals surface area contributed by atoms with Gasteiger partial charge < -0.3 is 15.2 Å². The second-order valence-corrected chi connectivity index (χ2v) is 4.91. The van der Waals surface area contributed by atoms with Crippen LogP contribution in [0.15, 0.2) is 24.3 Å². The van der Waals surface area contributed by atoms with E-state index in [1.165, 1.54) is 5.56 Å². The zero-order valence-electron chi connectivity index (χ0n) is 11.6. The maximum atomic E-state index is 9.22. The van der Waals surface area contributed by atoms with Gasteiger partial charge in [-0.15, -0.1) is 0 Å². The highest BCUT2D eigenvalue weighted by Gasteiger charge is 2.09. The van der Waals surface area contributed by atoms with Crippen molar-refractivity contribution in [1.29, 1.82) is 0 Å². The molecule has 1 atom stereocenters. The molecular formula is C15H25NO2. The van der Waals surface area contributed by atoms with Crippen molar-refractivity contribution < 1.29 is 9.84 Å². The zero-order chi connectivity index (χ0) is 13.4. The van der Waals surface area contributed by atoms with Crippen LogP contribution in [0.25, 0.3) is 0 Å². The molecule has 0 aromatic heterocycles. The summed E-state index contributed by atoms with van der Waals surface area (Å²) in [6.45, 7) is 6.87. The van der Waals surface area contributed by atoms with Crippen LogP contribution in [-0.2, 0) is 6.42 Å². The summed E-state index contributed by atoms with van der Waals surface area (Å²) in [6.07, 6.45) is 2.26. The molecule has 3 nitrogen and oxygen atoms in total. The lowest BCUT2D eigenvalue weighted by Crippen LogP contribution is -2.41. The average molecular weight is 251 g/mol. The number of hydrogen-bond donors (Lipinski definition) is 2. The standard InChI is InChI=1S/C15H25NO2/c1-4-5-13-6-8-15(9-7-13)18-11-14(10-17)16-12(2)3/h6-9,12,14,16-17H,4-5,10-11H2,1-3H3. The molecule has 0 heterocycles. The third-order valence-corrected chi connectivity index (χ3v) is 2.70. The molecular weight excluding hydrogens is 226 g/mol. The van der Waals surface area contributed by atoms with Crippen molar-refractivity contribution in [2.45, 2.75) is 45.7 Å². The van der Waals surface area contributed by atoms with Gasteiger partial charge in [-0.1, -0.05) is 39.3 Å². The van der Waals surface area contributed by atoms with Crippen molar-refractivity contribution >= 4 is 0 Å². The molecule has 0 bridgehead atoms. The summed E-state index contributed by atoms with van der Waals surface area (Å²) in [5, 5.41) is 12.5. The number of rotatable bonds is 8. The van der Waals surface area contributed by atoms with Crippen LogP contribution in [0.1, 0.15) is 32.8 Å². The molecule has 0 spiro atoms. The van der Waals surface area contributed by atoms with Crippen molar-refractivity contribution in [3.05, 3.63) is 29.8 Å². The van der Waals surface area contributed by atoms with Gasteiger partial charge in [-0.2, -0.15) is 0 Å². The molecule has 0 aliphatic carbocycles. The second-order valence-electron chi connectivity index (χ2n) is 4.91. The van der Waals surface area contributed by atoms with Crippen molar-refractivity contribution in [3.63, 3.8) is 0 Å². The van der Waals surface area contributed by atoms with Gasteiger partial charge in [0.1, 0.15) is 12.4 Å². The Labute approximate surface area is 110 Å². The van der Waals surface area contributed by atoms with E-state index in [0.717, 1.165) is 18.6 Å². The minimum atomic E-state index is -0.0136. The first-order chi connectivity index (χ1) is 8.65. The third kappa shape index (κ3) is 5.52. The highest BCUT2D eigenvalue weighted by Crippen LogP contribution is 2.13. The van der Waals surface area contributed by atoms with Crippen LogP contribution in [0.3, 0.4) is 0 Å². The van der Waals surface area contributed by atoms with Crippen LogP contribution in [0, 0.1) is 0 Å². The molecule has 2 N–H and O–H groups in total. The molecule has 3 heteroatoms. The fourth-order valence-electron chi connectivity index (χ4n) is 1.86. The van der Waals surface area contributed by atoms with E-state index in [2.05, 4.69) is 38.2 Å². The maximum Gasteiger partial charge on any atom is 0.119 e. The Kier molecular flexibility index (Phi) is 6.76. The number of aliphatic hydroxyl groups excluding tert-OH is 1. The Hall–Kier alpha value is -1.06. The van der Waals surface area contributed by atoms with Gasteiger partial charge in [-0.3, -0.25) is 0 Å². The quantitative estimate of drug-likeness (QED) is 0.745. The Bertz CT molecular complexity index is 322. The highest BCUT2D eigenvalue weighted by molar-refractivity contribution is 5.27. The van der Waals surface area contributed by atoms with Crippen LogP contribution in [0.2, 0.25) is 0 Å². The minimum absolute atomic E-state index is 0.0136. The summed E-state index contributed by atoms with van der Waals surface area (Å²) >= 11 is 0. The number of ether oxygens (including phenoxy) is 1. The fourth-order valence-corrected chi connectivity index (χ4v) is 1.86. The number of benzene rings is 1. The summed E-state index contributed by atoms with van der Waals surface area (Å²) in [4.78, 5) is 0. The number of nitrogens with one attached hydrogen (secondary N) is 1. The molecule has 0 fully saturated rings. The molecule has 1 aromatic carbocycles. The SMILES string of the molecule is CCCc1ccc(OCC(CO)NC(C)C)cc1. The molecule has 1 rings (SSSR count). The third-order valence-electron chi connectivity index (χ3n) is 2.70. The molecule has 0 aliphatic heterocycles. The predicted molar refractivity (Wildman–Crippen MR) is 75.1 cm³/mol. The highest BCUT2D eigenvalue weighted by atomic mass is 16.5. The zero-order valence-corrected chi connectivity index (χ0v) is 11.6. The van der Waals surface area contributed by atoms with Crippen LogP contribution >= 0.6 is 0 Å². The monoisotopic (exact) mass is 251 g/mol. The Morgan fingerprint density at radius 3 is 2.39 bits per heavy atom. The topological polar surface area (TPSA) is 41.5 Å². The van der Waals surface area contributed by atoms with E-state index in [9.17, 15) is 5.11 Å². The van der Waals surface area contributed by atoms with E-state index in [1.54, 1.807) is 0 Å². The van der Waals surface area contributed by atoms with E-state index in [-0.39, 0.29) is 12.6 Å². The summed E-state index contributed by atoms with van der Waals surface area (Å²) in [5.74, 6) is 0.860. The Morgan fingerprint density at radius 2 is 1.89 bits per heavy atom. The summed E-state index contributed by atoms with van der Waals surface area (Å²) in [7, 11) is 0. The van der Waals surface area contributed by atoms with Gasteiger partial charge in [-0.25, -0.2) is 0 Å². The van der Waals surface area contributed by atoms with Gasteiger partial charge >= 0.3 is 0 Å². The summed E-state index contributed by atoms with van der Waals surface area (Å²) < 4.78 is 5.67. The molecule has 1 aromatic rings. The first kappa shape index (κ1) is 15.0. The molecule has 0 saturated carbocycles. The minimum Gasteiger partial charge on any atom is -0.492 e. The van der Waals surface area contributed by atoms with Crippen molar-refractivity contribution in [2.24, 2.45) is 0 Å². The maximum absolute atomic E-state index is 9.22. The van der Waals surface area contributed by atoms with Gasteiger partial charge in [-0.05, 0) is 24.1 Å². The van der Waals surface area contributed by atoms with Gasteiger partial charge in [0.05, 0.1) is 12.6 Å². The second kappa shape index (κ2) is 8.11. The molecule has 0 aliphatic rings. The summed E-state index contributed by atoms with van der Waals surface area (Å²) in [5.41, 5.74) is 1.34.